The molecule has 11 nitrogen and oxygen atoms in total. The predicted octanol–water partition coefficient (Wildman–Crippen LogP) is 2.74. The van der Waals surface area contributed by atoms with Crippen LogP contribution in [0.5, 0.6) is 0 Å². The zero-order valence-corrected chi connectivity index (χ0v) is 25.7. The Bertz CT molecular complexity index is 1540. The van der Waals surface area contributed by atoms with Gasteiger partial charge in [-0.25, -0.2) is 0 Å². The van der Waals surface area contributed by atoms with Crippen molar-refractivity contribution < 1.29 is 28.8 Å². The van der Waals surface area contributed by atoms with Crippen LogP contribution in [-0.4, -0.2) is 71.1 Å². The number of anilines is 1. The molecular formula is C33H36ClN5O6. The van der Waals surface area contributed by atoms with Crippen LogP contribution in [0.1, 0.15) is 51.0 Å². The van der Waals surface area contributed by atoms with Crippen molar-refractivity contribution in [3.63, 3.8) is 0 Å². The molecule has 0 radical (unpaired) electrons. The molecule has 0 aromatic heterocycles. The first-order valence-corrected chi connectivity index (χ1v) is 15.8. The number of hydrogen-bond acceptors (Lipinski definition) is 7. The summed E-state index contributed by atoms with van der Waals surface area (Å²) in [7, 11) is 0. The molecule has 3 aliphatic heterocycles. The molecule has 1 unspecified atom stereocenters. The Hall–Kier alpha value is -4.22. The zero-order chi connectivity index (χ0) is 31.7. The van der Waals surface area contributed by atoms with Crippen molar-refractivity contribution in [2.45, 2.75) is 69.2 Å². The summed E-state index contributed by atoms with van der Waals surface area (Å²) in [6, 6.07) is 14.2. The first-order valence-electron chi connectivity index (χ1n) is 15.4. The van der Waals surface area contributed by atoms with Gasteiger partial charge in [0.15, 0.2) is 0 Å². The first-order chi connectivity index (χ1) is 21.7. The molecule has 1 saturated carbocycles. The van der Waals surface area contributed by atoms with E-state index in [0.29, 0.717) is 35.8 Å². The highest BCUT2D eigenvalue weighted by molar-refractivity contribution is 6.38. The minimum atomic E-state index is -1.08. The Labute approximate surface area is 266 Å². The van der Waals surface area contributed by atoms with Gasteiger partial charge in [0, 0.05) is 35.3 Å². The standard InChI is InChI=1S/C33H36ClN5O6/c1-2-7-25(28(40)30(42)35-22-12-13-22)36-29(41)27-18-33(17-26(37-45-33)20-8-6-9-21(34)16-20)19-39(27)32(44)24-14-15-38(31(24)43)23-10-4-3-5-11-23/h3-6,8-11,16-17,22,24-25,27,37H,2,7,12-15,18-19H2,1H3,(H,35,42)(H,36,41)/t24?,25-,27-,33+/m0/s1. The molecule has 2 saturated heterocycles. The second-order valence-electron chi connectivity index (χ2n) is 12.2. The molecule has 45 heavy (non-hydrogen) atoms. The first kappa shape index (κ1) is 30.8. The SMILES string of the molecule is CCC[C@H](NC(=O)[C@@H]1C[C@]2(C=C(c3cccc(Cl)c3)NO2)CN1C(=O)C1CCN(c2ccccc2)C1=O)C(=O)C(=O)NC1CC1. The normalized spacial score (nSPS) is 24.8. The maximum absolute atomic E-state index is 14.1. The third-order valence-electron chi connectivity index (χ3n) is 8.76. The minimum absolute atomic E-state index is 0.00462. The van der Waals surface area contributed by atoms with Gasteiger partial charge in [-0.3, -0.25) is 34.3 Å². The molecule has 236 valence electrons. The second-order valence-corrected chi connectivity index (χ2v) is 12.6. The van der Waals surface area contributed by atoms with Crippen molar-refractivity contribution in [3.05, 3.63) is 71.3 Å². The van der Waals surface area contributed by atoms with Gasteiger partial charge in [-0.15, -0.1) is 0 Å². The van der Waals surface area contributed by atoms with Crippen molar-refractivity contribution in [1.82, 2.24) is 21.0 Å². The summed E-state index contributed by atoms with van der Waals surface area (Å²) in [5, 5.41) is 5.99. The van der Waals surface area contributed by atoms with Crippen molar-refractivity contribution in [2.24, 2.45) is 5.92 Å². The van der Waals surface area contributed by atoms with Crippen LogP contribution in [0.25, 0.3) is 5.70 Å². The molecule has 6 rings (SSSR count). The number of likely N-dealkylation sites (tertiary alicyclic amines) is 1. The Morgan fingerprint density at radius 1 is 1.09 bits per heavy atom. The van der Waals surface area contributed by atoms with E-state index in [0.717, 1.165) is 18.4 Å². The molecule has 4 aliphatic rings. The van der Waals surface area contributed by atoms with E-state index < -0.39 is 47.1 Å². The highest BCUT2D eigenvalue weighted by Gasteiger charge is 2.54. The predicted molar refractivity (Wildman–Crippen MR) is 166 cm³/mol. The minimum Gasteiger partial charge on any atom is -0.347 e. The molecule has 3 heterocycles. The van der Waals surface area contributed by atoms with Gasteiger partial charge in [-0.05, 0) is 56.0 Å². The molecular weight excluding hydrogens is 598 g/mol. The lowest BCUT2D eigenvalue weighted by molar-refractivity contribution is -0.145. The fourth-order valence-electron chi connectivity index (χ4n) is 6.26. The quantitative estimate of drug-likeness (QED) is 0.270. The second kappa shape index (κ2) is 12.6. The van der Waals surface area contributed by atoms with E-state index in [-0.39, 0.29) is 31.3 Å². The van der Waals surface area contributed by atoms with Crippen molar-refractivity contribution in [3.8, 4) is 0 Å². The molecule has 3 fully saturated rings. The van der Waals surface area contributed by atoms with Gasteiger partial charge in [0.2, 0.25) is 23.5 Å². The van der Waals surface area contributed by atoms with Gasteiger partial charge in [-0.2, -0.15) is 0 Å². The van der Waals surface area contributed by atoms with Gasteiger partial charge in [-0.1, -0.05) is 55.3 Å². The number of halogens is 1. The van der Waals surface area contributed by atoms with Crippen molar-refractivity contribution >= 4 is 52.4 Å². The third kappa shape index (κ3) is 6.46. The summed E-state index contributed by atoms with van der Waals surface area (Å²) in [5.41, 5.74) is 3.95. The lowest BCUT2D eigenvalue weighted by Crippen LogP contribution is -2.54. The Morgan fingerprint density at radius 3 is 2.58 bits per heavy atom. The Kier molecular flexibility index (Phi) is 8.65. The lowest BCUT2D eigenvalue weighted by atomic mass is 9.97. The lowest BCUT2D eigenvalue weighted by Gasteiger charge is -2.27. The number of carbonyl (C=O) groups excluding carboxylic acids is 5. The van der Waals surface area contributed by atoms with E-state index in [2.05, 4.69) is 16.1 Å². The summed E-state index contributed by atoms with van der Waals surface area (Å²) in [5.74, 6) is -3.80. The average molecular weight is 634 g/mol. The molecule has 0 bridgehead atoms. The Morgan fingerprint density at radius 2 is 1.87 bits per heavy atom. The maximum atomic E-state index is 14.1. The summed E-state index contributed by atoms with van der Waals surface area (Å²) >= 11 is 6.21. The number of rotatable bonds is 10. The van der Waals surface area contributed by atoms with Crippen LogP contribution >= 0.6 is 11.6 Å². The summed E-state index contributed by atoms with van der Waals surface area (Å²) in [4.78, 5) is 76.2. The van der Waals surface area contributed by atoms with Gasteiger partial charge in [0.25, 0.3) is 5.91 Å². The number of para-hydroxylation sites is 1. The van der Waals surface area contributed by atoms with Gasteiger partial charge in [0.1, 0.15) is 17.6 Å². The van der Waals surface area contributed by atoms with Crippen LogP contribution in [0.4, 0.5) is 5.69 Å². The van der Waals surface area contributed by atoms with E-state index in [1.165, 1.54) is 4.90 Å². The van der Waals surface area contributed by atoms with E-state index in [1.807, 2.05) is 49.4 Å². The molecule has 2 aromatic carbocycles. The number of carbonyl (C=O) groups is 5. The number of benzene rings is 2. The topological polar surface area (TPSA) is 137 Å². The fraction of sp³-hybridized carbons (Fsp3) is 0.424. The summed E-state index contributed by atoms with van der Waals surface area (Å²) < 4.78 is 0. The molecule has 3 N–H and O–H groups in total. The third-order valence-corrected chi connectivity index (χ3v) is 9.00. The molecule has 2 aromatic rings. The Balaban J connectivity index is 1.26. The number of hydrogen-bond donors (Lipinski definition) is 3. The van der Waals surface area contributed by atoms with Crippen molar-refractivity contribution in [1.29, 1.82) is 0 Å². The van der Waals surface area contributed by atoms with E-state index in [4.69, 9.17) is 16.4 Å². The average Bonchev–Trinajstić information content (AvgIpc) is 3.44. The van der Waals surface area contributed by atoms with E-state index >= 15 is 0 Å². The maximum Gasteiger partial charge on any atom is 0.289 e. The van der Waals surface area contributed by atoms with E-state index in [9.17, 15) is 24.0 Å². The number of hydroxylamine groups is 1. The highest BCUT2D eigenvalue weighted by atomic mass is 35.5. The largest absolute Gasteiger partial charge is 0.347 e. The molecule has 1 spiro atoms. The molecule has 12 heteroatoms. The van der Waals surface area contributed by atoms with Crippen LogP contribution in [0, 0.1) is 5.92 Å². The molecule has 4 atom stereocenters. The van der Waals surface area contributed by atoms with Crippen molar-refractivity contribution in [2.75, 3.05) is 18.0 Å². The number of nitrogens with zero attached hydrogens (tertiary/aromatic N) is 2. The summed E-state index contributed by atoms with van der Waals surface area (Å²) in [6.45, 7) is 2.23. The van der Waals surface area contributed by atoms with Crippen LogP contribution in [0.2, 0.25) is 5.02 Å². The number of ketones is 1. The number of nitrogens with one attached hydrogen (secondary N) is 3. The zero-order valence-electron chi connectivity index (χ0n) is 25.0. The molecule has 4 amide bonds. The smallest absolute Gasteiger partial charge is 0.289 e. The van der Waals surface area contributed by atoms with E-state index in [1.54, 1.807) is 23.1 Å². The molecule has 1 aliphatic carbocycles. The number of Topliss-reactive ketones (excluding diaryl/α,β-unsaturated/α-hetero) is 1. The van der Waals surface area contributed by atoms with Crippen LogP contribution < -0.4 is 21.0 Å². The van der Waals surface area contributed by atoms with Crippen LogP contribution in [0.15, 0.2) is 60.7 Å². The monoisotopic (exact) mass is 633 g/mol. The fourth-order valence-corrected chi connectivity index (χ4v) is 6.45. The number of amides is 4. The van der Waals surface area contributed by atoms with Crippen LogP contribution in [0.3, 0.4) is 0 Å². The van der Waals surface area contributed by atoms with Gasteiger partial charge >= 0.3 is 0 Å². The van der Waals surface area contributed by atoms with Crippen LogP contribution in [-0.2, 0) is 28.8 Å². The van der Waals surface area contributed by atoms with Gasteiger partial charge < -0.3 is 20.4 Å². The highest BCUT2D eigenvalue weighted by Crippen LogP contribution is 2.39. The van der Waals surface area contributed by atoms with Gasteiger partial charge in [0.05, 0.1) is 18.3 Å². The summed E-state index contributed by atoms with van der Waals surface area (Å²) in [6.07, 6.45) is 4.67.